The minimum absolute atomic E-state index is 0.0475. The summed E-state index contributed by atoms with van der Waals surface area (Å²) in [5.74, 6) is -1.57. The fourth-order valence-corrected chi connectivity index (χ4v) is 4.84. The number of hydrogen-bond donors (Lipinski definition) is 2. The van der Waals surface area contributed by atoms with E-state index in [-0.39, 0.29) is 29.8 Å². The van der Waals surface area contributed by atoms with E-state index in [1.54, 1.807) is 33.0 Å². The Morgan fingerprint density at radius 3 is 2.56 bits per heavy atom. The number of fused-ring (bicyclic) bond motifs is 1. The second-order valence-electron chi connectivity index (χ2n) is 10.8. The maximum atomic E-state index is 13.2. The zero-order valence-corrected chi connectivity index (χ0v) is 20.9. The fourth-order valence-electron chi connectivity index (χ4n) is 4.84. The molecular formula is C27H39NO6. The number of ketones is 1. The molecular weight excluding hydrogens is 434 g/mol. The van der Waals surface area contributed by atoms with Crippen molar-refractivity contribution >= 4 is 17.8 Å². The minimum Gasteiger partial charge on any atom is -0.458 e. The number of epoxide rings is 1. The first-order chi connectivity index (χ1) is 15.9. The standard InChI is InChI=1S/C27H39NO6/c1-17-9-8-13-27(5)22(34-27)15-20(12-11-19-10-6-7-14-28-19)33-23(30)16-21(29)26(3,4)25(32)18(2)24(17)31/h6-7,10-12,14,17-18,20-22,24,29,31H,8-9,13,15-16H2,1-5H3/t17-,18?,20+,21?,22-,24-,27+/m0/s1. The van der Waals surface area contributed by atoms with Crippen LogP contribution >= 0.6 is 0 Å². The Bertz CT molecular complexity index is 884. The lowest BCUT2D eigenvalue weighted by Gasteiger charge is -2.34. The zero-order valence-electron chi connectivity index (χ0n) is 20.9. The van der Waals surface area contributed by atoms with Crippen LogP contribution in [0.1, 0.15) is 72.4 Å². The van der Waals surface area contributed by atoms with E-state index in [0.29, 0.717) is 6.42 Å². The highest BCUT2D eigenvalue weighted by Crippen LogP contribution is 2.44. The Morgan fingerprint density at radius 2 is 1.88 bits per heavy atom. The molecule has 0 radical (unpaired) electrons. The average molecular weight is 474 g/mol. The van der Waals surface area contributed by atoms with E-state index in [1.807, 2.05) is 31.2 Å². The van der Waals surface area contributed by atoms with Crippen molar-refractivity contribution in [3.63, 3.8) is 0 Å². The molecule has 3 heterocycles. The van der Waals surface area contributed by atoms with Crippen molar-refractivity contribution in [3.05, 3.63) is 36.2 Å². The molecule has 7 heteroatoms. The Labute approximate surface area is 202 Å². The maximum absolute atomic E-state index is 13.2. The van der Waals surface area contributed by atoms with E-state index in [0.717, 1.165) is 25.0 Å². The summed E-state index contributed by atoms with van der Waals surface area (Å²) in [6.45, 7) is 8.93. The highest BCUT2D eigenvalue weighted by atomic mass is 16.6. The number of Topliss-reactive ketones (excluding diaryl/α,β-unsaturated/α-hetero) is 1. The molecule has 0 bridgehead atoms. The quantitative estimate of drug-likeness (QED) is 0.498. The van der Waals surface area contributed by atoms with Gasteiger partial charge >= 0.3 is 5.97 Å². The number of carbonyl (C=O) groups is 2. The Hall–Kier alpha value is -2.09. The number of nitrogens with zero attached hydrogens (tertiary/aromatic N) is 1. The number of aromatic nitrogens is 1. The van der Waals surface area contributed by atoms with Gasteiger partial charge in [0.1, 0.15) is 11.9 Å². The number of esters is 1. The lowest BCUT2D eigenvalue weighted by Crippen LogP contribution is -2.45. The molecule has 1 aromatic rings. The highest BCUT2D eigenvalue weighted by Gasteiger charge is 2.52. The molecule has 2 fully saturated rings. The van der Waals surface area contributed by atoms with Crippen molar-refractivity contribution in [1.29, 1.82) is 0 Å². The summed E-state index contributed by atoms with van der Waals surface area (Å²) in [6.07, 6.45) is 5.31. The lowest BCUT2D eigenvalue weighted by molar-refractivity contribution is -0.154. The van der Waals surface area contributed by atoms with Gasteiger partial charge < -0.3 is 19.7 Å². The van der Waals surface area contributed by atoms with Crippen LogP contribution in [-0.4, -0.2) is 57.0 Å². The van der Waals surface area contributed by atoms with Crippen LogP contribution in [0.25, 0.3) is 6.08 Å². The van der Waals surface area contributed by atoms with Crippen molar-refractivity contribution in [1.82, 2.24) is 4.98 Å². The zero-order chi connectivity index (χ0) is 25.1. The highest BCUT2D eigenvalue weighted by molar-refractivity contribution is 5.88. The predicted octanol–water partition coefficient (Wildman–Crippen LogP) is 3.72. The smallest absolute Gasteiger partial charge is 0.309 e. The monoisotopic (exact) mass is 473 g/mol. The first-order valence-electron chi connectivity index (χ1n) is 12.3. The van der Waals surface area contributed by atoms with Gasteiger partial charge in [-0.25, -0.2) is 0 Å². The first kappa shape index (κ1) is 26.5. The number of pyridine rings is 1. The number of carbonyl (C=O) groups excluding carboxylic acids is 2. The van der Waals surface area contributed by atoms with E-state index in [4.69, 9.17) is 9.47 Å². The van der Waals surface area contributed by atoms with Gasteiger partial charge in [0, 0.05) is 18.5 Å². The number of rotatable bonds is 2. The van der Waals surface area contributed by atoms with Crippen molar-refractivity contribution < 1.29 is 29.3 Å². The molecule has 2 saturated heterocycles. The summed E-state index contributed by atoms with van der Waals surface area (Å²) >= 11 is 0. The molecule has 2 aliphatic rings. The third kappa shape index (κ3) is 6.32. The van der Waals surface area contributed by atoms with Crippen LogP contribution in [0, 0.1) is 17.3 Å². The molecule has 3 rings (SSSR count). The van der Waals surface area contributed by atoms with Gasteiger partial charge in [-0.3, -0.25) is 14.6 Å². The van der Waals surface area contributed by atoms with Crippen LogP contribution in [0.4, 0.5) is 0 Å². The molecule has 2 N–H and O–H groups in total. The summed E-state index contributed by atoms with van der Waals surface area (Å²) in [5.41, 5.74) is -0.750. The van der Waals surface area contributed by atoms with Gasteiger partial charge in [0.25, 0.3) is 0 Å². The minimum atomic E-state index is -1.23. The Kier molecular flexibility index (Phi) is 8.32. The first-order valence-corrected chi connectivity index (χ1v) is 12.3. The van der Waals surface area contributed by atoms with Crippen molar-refractivity contribution in [2.45, 2.75) is 96.7 Å². The van der Waals surface area contributed by atoms with E-state index in [2.05, 4.69) is 11.9 Å². The van der Waals surface area contributed by atoms with Crippen LogP contribution in [0.3, 0.4) is 0 Å². The van der Waals surface area contributed by atoms with E-state index < -0.39 is 35.6 Å². The third-order valence-electron chi connectivity index (χ3n) is 7.60. The van der Waals surface area contributed by atoms with E-state index >= 15 is 0 Å². The Morgan fingerprint density at radius 1 is 1.15 bits per heavy atom. The number of ether oxygens (including phenoxy) is 2. The van der Waals surface area contributed by atoms with Gasteiger partial charge in [-0.1, -0.05) is 40.2 Å². The molecule has 34 heavy (non-hydrogen) atoms. The predicted molar refractivity (Wildman–Crippen MR) is 129 cm³/mol. The van der Waals surface area contributed by atoms with E-state index in [9.17, 15) is 19.8 Å². The second-order valence-corrected chi connectivity index (χ2v) is 10.8. The number of aliphatic hydroxyl groups is 2. The third-order valence-corrected chi connectivity index (χ3v) is 7.60. The fraction of sp³-hybridized carbons (Fsp3) is 0.667. The van der Waals surface area contributed by atoms with Gasteiger partial charge in [-0.2, -0.15) is 0 Å². The molecule has 0 spiro atoms. The van der Waals surface area contributed by atoms with Crippen LogP contribution in [0.5, 0.6) is 0 Å². The van der Waals surface area contributed by atoms with Gasteiger partial charge in [0.2, 0.25) is 0 Å². The summed E-state index contributed by atoms with van der Waals surface area (Å²) < 4.78 is 11.7. The molecule has 0 aromatic carbocycles. The molecule has 2 unspecified atom stereocenters. The number of aliphatic hydroxyl groups excluding tert-OH is 2. The van der Waals surface area contributed by atoms with Crippen LogP contribution in [-0.2, 0) is 19.1 Å². The number of hydrogen-bond acceptors (Lipinski definition) is 7. The van der Waals surface area contributed by atoms with Crippen LogP contribution < -0.4 is 0 Å². The summed E-state index contributed by atoms with van der Waals surface area (Å²) in [6, 6.07) is 5.58. The molecule has 0 saturated carbocycles. The van der Waals surface area contributed by atoms with Crippen LogP contribution in [0.15, 0.2) is 30.5 Å². The van der Waals surface area contributed by atoms with Gasteiger partial charge in [0.05, 0.1) is 41.4 Å². The van der Waals surface area contributed by atoms with Gasteiger partial charge in [-0.15, -0.1) is 0 Å². The van der Waals surface area contributed by atoms with Crippen molar-refractivity contribution in [2.24, 2.45) is 17.3 Å². The normalized spacial score (nSPS) is 37.7. The molecule has 1 aromatic heterocycles. The molecule has 0 amide bonds. The van der Waals surface area contributed by atoms with Gasteiger partial charge in [0.15, 0.2) is 0 Å². The average Bonchev–Trinajstić information content (AvgIpc) is 3.44. The topological polar surface area (TPSA) is 109 Å². The SMILES string of the molecule is CC1C(=O)C(C)(C)C(O)CC(=O)O[C@H](C=Cc2ccccn2)C[C@@H]2O[C@]2(C)CCC[C@H](C)[C@@H]1O. The largest absolute Gasteiger partial charge is 0.458 e. The van der Waals surface area contributed by atoms with Crippen LogP contribution in [0.2, 0.25) is 0 Å². The molecule has 7 nitrogen and oxygen atoms in total. The van der Waals surface area contributed by atoms with Crippen molar-refractivity contribution in [3.8, 4) is 0 Å². The van der Waals surface area contributed by atoms with Gasteiger partial charge in [-0.05, 0) is 50.0 Å². The van der Waals surface area contributed by atoms with E-state index in [1.165, 1.54) is 0 Å². The molecule has 188 valence electrons. The molecule has 2 aliphatic heterocycles. The summed E-state index contributed by atoms with van der Waals surface area (Å²) in [4.78, 5) is 30.2. The number of cyclic esters (lactones) is 1. The molecule has 0 aliphatic carbocycles. The van der Waals surface area contributed by atoms with Crippen molar-refractivity contribution in [2.75, 3.05) is 0 Å². The Balaban J connectivity index is 1.81. The molecule has 7 atom stereocenters. The summed E-state index contributed by atoms with van der Waals surface area (Å²) in [7, 11) is 0. The maximum Gasteiger partial charge on any atom is 0.309 e. The lowest BCUT2D eigenvalue weighted by atomic mass is 9.73. The summed E-state index contributed by atoms with van der Waals surface area (Å²) in [5, 5.41) is 21.6. The second kappa shape index (κ2) is 10.7.